The Balaban J connectivity index is 3.37. The van der Waals surface area contributed by atoms with Crippen molar-refractivity contribution in [2.45, 2.75) is 26.7 Å². The number of phenolic OH excluding ortho intramolecular Hbond substituents is 1. The summed E-state index contributed by atoms with van der Waals surface area (Å²) in [6.07, 6.45) is 7.49. The summed E-state index contributed by atoms with van der Waals surface area (Å²) in [5.74, 6) is 0.975. The second kappa shape index (κ2) is 10.2. The molecule has 0 saturated carbocycles. The van der Waals surface area contributed by atoms with Crippen LogP contribution in [0.4, 0.5) is 0 Å². The lowest BCUT2D eigenvalue weighted by Gasteiger charge is -2.19. The number of aromatic hydroxyl groups is 1. The number of benzene rings is 1. The van der Waals surface area contributed by atoms with Crippen LogP contribution in [-0.4, -0.2) is 25.9 Å². The highest BCUT2D eigenvalue weighted by Gasteiger charge is 2.19. The van der Waals surface area contributed by atoms with E-state index in [2.05, 4.69) is 20.4 Å². The van der Waals surface area contributed by atoms with Crippen molar-refractivity contribution in [2.75, 3.05) is 20.8 Å². The minimum atomic E-state index is 0.0302. The Labute approximate surface area is 150 Å². The topological polar surface area (TPSA) is 38.7 Å². The van der Waals surface area contributed by atoms with Crippen molar-refractivity contribution in [1.29, 1.82) is 0 Å². The first kappa shape index (κ1) is 20.3. The van der Waals surface area contributed by atoms with Crippen LogP contribution in [-0.2, 0) is 9.47 Å². The smallest absolute Gasteiger partial charge is 0.142 e. The molecule has 0 aliphatic carbocycles. The van der Waals surface area contributed by atoms with Crippen LogP contribution >= 0.6 is 11.6 Å². The van der Waals surface area contributed by atoms with Crippen LogP contribution in [0.1, 0.15) is 37.8 Å². The predicted molar refractivity (Wildman–Crippen MR) is 102 cm³/mol. The molecule has 1 rings (SSSR count). The largest absolute Gasteiger partial charge is 0.506 e. The average molecular weight is 351 g/mol. The molecular formula is C20H27ClO3. The number of ether oxygens (including phenoxy) is 2. The van der Waals surface area contributed by atoms with Gasteiger partial charge in [-0.1, -0.05) is 62.7 Å². The van der Waals surface area contributed by atoms with Crippen LogP contribution in [0.25, 0.3) is 11.8 Å². The third-order valence-electron chi connectivity index (χ3n) is 3.89. The molecular weight excluding hydrogens is 324 g/mol. The molecule has 0 radical (unpaired) electrons. The molecule has 0 spiro atoms. The summed E-state index contributed by atoms with van der Waals surface area (Å²) in [5, 5.41) is 10.7. The van der Waals surface area contributed by atoms with Gasteiger partial charge in [-0.3, -0.25) is 0 Å². The quantitative estimate of drug-likeness (QED) is 0.459. The number of phenols is 1. The molecule has 0 aliphatic rings. The number of hydrogen-bond acceptors (Lipinski definition) is 3. The van der Waals surface area contributed by atoms with Gasteiger partial charge < -0.3 is 14.6 Å². The summed E-state index contributed by atoms with van der Waals surface area (Å²) in [5.41, 5.74) is 2.29. The highest BCUT2D eigenvalue weighted by molar-refractivity contribution is 6.34. The molecule has 1 N–H and O–H groups in total. The maximum atomic E-state index is 10.4. The molecule has 0 bridgehead atoms. The first-order valence-corrected chi connectivity index (χ1v) is 8.47. The second-order valence-electron chi connectivity index (χ2n) is 5.61. The summed E-state index contributed by atoms with van der Waals surface area (Å²) in [4.78, 5) is 0. The summed E-state index contributed by atoms with van der Waals surface area (Å²) < 4.78 is 10.6. The number of hydrogen-bond donors (Lipinski definition) is 1. The summed E-state index contributed by atoms with van der Waals surface area (Å²) in [6.45, 7) is 8.66. The van der Waals surface area contributed by atoms with E-state index >= 15 is 0 Å². The maximum Gasteiger partial charge on any atom is 0.142 e. The Morgan fingerprint density at radius 1 is 1.38 bits per heavy atom. The van der Waals surface area contributed by atoms with E-state index in [0.717, 1.165) is 18.4 Å². The second-order valence-corrected chi connectivity index (χ2v) is 5.98. The van der Waals surface area contributed by atoms with Crippen molar-refractivity contribution in [2.24, 2.45) is 5.92 Å². The van der Waals surface area contributed by atoms with Gasteiger partial charge in [0.05, 0.1) is 18.7 Å². The van der Waals surface area contributed by atoms with Gasteiger partial charge in [0.1, 0.15) is 11.5 Å². The number of rotatable bonds is 9. The Bertz CT molecular complexity index is 618. The molecule has 4 heteroatoms. The lowest BCUT2D eigenvalue weighted by molar-refractivity contribution is 0.234. The molecule has 132 valence electrons. The van der Waals surface area contributed by atoms with Gasteiger partial charge in [-0.15, -0.1) is 0 Å². The van der Waals surface area contributed by atoms with Crippen LogP contribution in [0.3, 0.4) is 0 Å². The highest BCUT2D eigenvalue weighted by Crippen LogP contribution is 2.38. The monoisotopic (exact) mass is 350 g/mol. The van der Waals surface area contributed by atoms with Crippen molar-refractivity contribution in [1.82, 2.24) is 0 Å². The molecule has 1 aromatic rings. The van der Waals surface area contributed by atoms with Gasteiger partial charge in [0.2, 0.25) is 0 Å². The Hall–Kier alpha value is -1.71. The third-order valence-corrected chi connectivity index (χ3v) is 4.27. The SMILES string of the molecule is C=C/C(=C(\OC)c1ccc(/C=C/COC)c(O)c1Cl)C(C)CCC. The van der Waals surface area contributed by atoms with Gasteiger partial charge in [0.15, 0.2) is 0 Å². The van der Waals surface area contributed by atoms with Crippen LogP contribution in [0.15, 0.2) is 36.4 Å². The lowest BCUT2D eigenvalue weighted by atomic mass is 9.92. The van der Waals surface area contributed by atoms with Crippen LogP contribution in [0.2, 0.25) is 5.02 Å². The zero-order chi connectivity index (χ0) is 18.1. The van der Waals surface area contributed by atoms with Gasteiger partial charge in [0.25, 0.3) is 0 Å². The minimum Gasteiger partial charge on any atom is -0.506 e. The van der Waals surface area contributed by atoms with Crippen molar-refractivity contribution in [3.8, 4) is 5.75 Å². The number of halogens is 1. The first-order chi connectivity index (χ1) is 11.5. The van der Waals surface area contributed by atoms with E-state index in [9.17, 15) is 5.11 Å². The molecule has 0 fully saturated rings. The van der Waals surface area contributed by atoms with E-state index in [4.69, 9.17) is 21.1 Å². The number of allylic oxidation sites excluding steroid dienone is 2. The summed E-state index contributed by atoms with van der Waals surface area (Å²) >= 11 is 6.40. The van der Waals surface area contributed by atoms with E-state index in [1.807, 2.05) is 18.2 Å². The summed E-state index contributed by atoms with van der Waals surface area (Å²) in [6, 6.07) is 3.67. The van der Waals surface area contributed by atoms with E-state index in [1.165, 1.54) is 0 Å². The molecule has 24 heavy (non-hydrogen) atoms. The Kier molecular flexibility index (Phi) is 8.66. The molecule has 1 unspecified atom stereocenters. The molecule has 0 aliphatic heterocycles. The van der Waals surface area contributed by atoms with Gasteiger partial charge in [-0.2, -0.15) is 0 Å². The van der Waals surface area contributed by atoms with Crippen LogP contribution in [0, 0.1) is 5.92 Å². The van der Waals surface area contributed by atoms with E-state index in [1.54, 1.807) is 26.4 Å². The molecule has 0 aromatic heterocycles. The zero-order valence-corrected chi connectivity index (χ0v) is 15.7. The Morgan fingerprint density at radius 3 is 2.62 bits per heavy atom. The third kappa shape index (κ3) is 4.89. The normalized spacial score (nSPS) is 13.7. The summed E-state index contributed by atoms with van der Waals surface area (Å²) in [7, 11) is 3.22. The predicted octanol–water partition coefficient (Wildman–Crippen LogP) is 5.68. The van der Waals surface area contributed by atoms with E-state index in [0.29, 0.717) is 29.4 Å². The lowest BCUT2D eigenvalue weighted by Crippen LogP contribution is -2.03. The fraction of sp³-hybridized carbons (Fsp3) is 0.400. The molecule has 1 aromatic carbocycles. The Morgan fingerprint density at radius 2 is 2.08 bits per heavy atom. The molecule has 0 heterocycles. The number of methoxy groups -OCH3 is 2. The fourth-order valence-corrected chi connectivity index (χ4v) is 2.91. The molecule has 3 nitrogen and oxygen atoms in total. The van der Waals surface area contributed by atoms with Crippen molar-refractivity contribution < 1.29 is 14.6 Å². The van der Waals surface area contributed by atoms with Crippen LogP contribution < -0.4 is 0 Å². The van der Waals surface area contributed by atoms with Gasteiger partial charge in [0, 0.05) is 18.2 Å². The average Bonchev–Trinajstić information content (AvgIpc) is 2.57. The zero-order valence-electron chi connectivity index (χ0n) is 14.9. The molecule has 0 saturated heterocycles. The van der Waals surface area contributed by atoms with Crippen molar-refractivity contribution in [3.63, 3.8) is 0 Å². The van der Waals surface area contributed by atoms with Crippen LogP contribution in [0.5, 0.6) is 5.75 Å². The van der Waals surface area contributed by atoms with Crippen molar-refractivity contribution in [3.05, 3.63) is 52.6 Å². The van der Waals surface area contributed by atoms with Crippen molar-refractivity contribution >= 4 is 23.4 Å². The van der Waals surface area contributed by atoms with E-state index in [-0.39, 0.29) is 10.8 Å². The standard InChI is InChI=1S/C20H27ClO3/c1-6-9-14(3)16(7-2)20(24-5)17-12-11-15(10-8-13-23-4)19(22)18(17)21/h7-8,10-12,14,22H,2,6,9,13H2,1,3-5H3/b10-8+,20-16+. The highest BCUT2D eigenvalue weighted by atomic mass is 35.5. The maximum absolute atomic E-state index is 10.4. The van der Waals surface area contributed by atoms with Gasteiger partial charge in [-0.25, -0.2) is 0 Å². The van der Waals surface area contributed by atoms with Gasteiger partial charge >= 0.3 is 0 Å². The molecule has 1 atom stereocenters. The van der Waals surface area contributed by atoms with Gasteiger partial charge in [-0.05, 0) is 24.0 Å². The minimum absolute atomic E-state index is 0.0302. The molecule has 0 amide bonds. The van der Waals surface area contributed by atoms with E-state index < -0.39 is 0 Å². The first-order valence-electron chi connectivity index (χ1n) is 8.09. The fourth-order valence-electron chi connectivity index (χ4n) is 2.65.